The van der Waals surface area contributed by atoms with E-state index in [1.165, 1.54) is 16.7 Å². The van der Waals surface area contributed by atoms with Crippen LogP contribution < -0.4 is 11.1 Å². The Hall–Kier alpha value is -0.710. The van der Waals surface area contributed by atoms with E-state index in [1.54, 1.807) is 11.8 Å². The third kappa shape index (κ3) is 7.74. The Kier molecular flexibility index (Phi) is 9.75. The molecule has 1 aromatic rings. The number of carbonyl (C=O) groups is 1. The molecule has 5 heteroatoms. The summed E-state index contributed by atoms with van der Waals surface area (Å²) >= 11 is 1.71. The second-order valence-corrected chi connectivity index (χ2v) is 6.48. The van der Waals surface area contributed by atoms with Gasteiger partial charge in [0.2, 0.25) is 5.91 Å². The number of nitrogens with one attached hydrogen (secondary N) is 1. The van der Waals surface area contributed by atoms with Crippen LogP contribution in [0.3, 0.4) is 0 Å². The van der Waals surface area contributed by atoms with Crippen LogP contribution in [-0.4, -0.2) is 30.0 Å². The molecule has 3 nitrogen and oxygen atoms in total. The predicted molar refractivity (Wildman–Crippen MR) is 95.4 cm³/mol. The third-order valence-corrected chi connectivity index (χ3v) is 3.83. The van der Waals surface area contributed by atoms with Crippen molar-refractivity contribution in [1.82, 2.24) is 5.32 Å². The molecule has 2 atom stereocenters. The number of hydrogen-bond donors (Lipinski definition) is 2. The Labute approximate surface area is 138 Å². The van der Waals surface area contributed by atoms with Crippen molar-refractivity contribution in [3.8, 4) is 0 Å². The summed E-state index contributed by atoms with van der Waals surface area (Å²) in [6.45, 7) is 6.22. The highest BCUT2D eigenvalue weighted by Gasteiger charge is 2.15. The molecule has 0 bridgehead atoms. The molecule has 0 aliphatic heterocycles. The third-order valence-electron chi connectivity index (χ3n) is 3.18. The van der Waals surface area contributed by atoms with Crippen molar-refractivity contribution in [2.75, 3.05) is 12.0 Å². The number of benzene rings is 1. The summed E-state index contributed by atoms with van der Waals surface area (Å²) in [6, 6.07) is 6.20. The monoisotopic (exact) mass is 330 g/mol. The zero-order valence-electron chi connectivity index (χ0n) is 13.3. The van der Waals surface area contributed by atoms with E-state index in [1.807, 2.05) is 13.2 Å². The number of thioether (sulfide) groups is 1. The average Bonchev–Trinajstić information content (AvgIpc) is 2.34. The standard InChI is InChI=1S/C16H26N2OS.ClH/c1-11-7-12(2)9-14(8-11)10-13(3)18-16(19)15(17)5-6-20-4;/h7-9,13,15H,5-6,10,17H2,1-4H3,(H,18,19);1H/t13?,15-;/m0./s1. The van der Waals surface area contributed by atoms with Crippen LogP contribution >= 0.6 is 24.2 Å². The lowest BCUT2D eigenvalue weighted by atomic mass is 10.0. The minimum atomic E-state index is -0.399. The van der Waals surface area contributed by atoms with Crippen molar-refractivity contribution in [3.63, 3.8) is 0 Å². The van der Waals surface area contributed by atoms with Crippen LogP contribution in [0.25, 0.3) is 0 Å². The minimum Gasteiger partial charge on any atom is -0.352 e. The zero-order chi connectivity index (χ0) is 15.1. The maximum absolute atomic E-state index is 11.9. The maximum Gasteiger partial charge on any atom is 0.237 e. The molecule has 21 heavy (non-hydrogen) atoms. The van der Waals surface area contributed by atoms with Gasteiger partial charge in [-0.2, -0.15) is 11.8 Å². The Morgan fingerprint density at radius 3 is 2.38 bits per heavy atom. The van der Waals surface area contributed by atoms with Crippen molar-refractivity contribution in [2.24, 2.45) is 5.73 Å². The first kappa shape index (κ1) is 20.3. The summed E-state index contributed by atoms with van der Waals surface area (Å²) in [4.78, 5) is 11.9. The Balaban J connectivity index is 0.00000400. The van der Waals surface area contributed by atoms with E-state index in [4.69, 9.17) is 5.73 Å². The molecule has 120 valence electrons. The van der Waals surface area contributed by atoms with Gasteiger partial charge in [0.1, 0.15) is 0 Å². The number of rotatable bonds is 7. The summed E-state index contributed by atoms with van der Waals surface area (Å²) in [5.41, 5.74) is 9.64. The van der Waals surface area contributed by atoms with E-state index < -0.39 is 6.04 Å². The van der Waals surface area contributed by atoms with Gasteiger partial charge in [-0.15, -0.1) is 12.4 Å². The molecule has 1 aromatic carbocycles. The molecular weight excluding hydrogens is 304 g/mol. The van der Waals surface area contributed by atoms with Gasteiger partial charge in [0.25, 0.3) is 0 Å². The van der Waals surface area contributed by atoms with Gasteiger partial charge in [-0.3, -0.25) is 4.79 Å². The first-order valence-corrected chi connectivity index (χ1v) is 8.44. The van der Waals surface area contributed by atoms with Crippen LogP contribution in [0, 0.1) is 13.8 Å². The average molecular weight is 331 g/mol. The summed E-state index contributed by atoms with van der Waals surface area (Å²) < 4.78 is 0. The van der Waals surface area contributed by atoms with Gasteiger partial charge in [-0.05, 0) is 51.2 Å². The van der Waals surface area contributed by atoms with Crippen LogP contribution in [-0.2, 0) is 11.2 Å². The molecule has 0 saturated carbocycles. The number of carbonyl (C=O) groups excluding carboxylic acids is 1. The number of nitrogens with two attached hydrogens (primary N) is 1. The second kappa shape index (κ2) is 10.1. The van der Waals surface area contributed by atoms with Gasteiger partial charge in [-0.25, -0.2) is 0 Å². The molecular formula is C16H27ClN2OS. The van der Waals surface area contributed by atoms with Crippen molar-refractivity contribution in [3.05, 3.63) is 34.9 Å². The fourth-order valence-corrected chi connectivity index (χ4v) is 2.81. The Morgan fingerprint density at radius 1 is 1.29 bits per heavy atom. The van der Waals surface area contributed by atoms with E-state index in [-0.39, 0.29) is 24.4 Å². The molecule has 1 amide bonds. The highest BCUT2D eigenvalue weighted by molar-refractivity contribution is 7.98. The maximum atomic E-state index is 11.9. The first-order valence-electron chi connectivity index (χ1n) is 7.04. The first-order chi connectivity index (χ1) is 9.42. The fourth-order valence-electron chi connectivity index (χ4n) is 2.32. The quantitative estimate of drug-likeness (QED) is 0.808. The van der Waals surface area contributed by atoms with E-state index in [9.17, 15) is 4.79 Å². The van der Waals surface area contributed by atoms with Crippen molar-refractivity contribution >= 4 is 30.1 Å². The molecule has 0 saturated heterocycles. The van der Waals surface area contributed by atoms with E-state index in [2.05, 4.69) is 37.4 Å². The molecule has 0 aliphatic rings. The summed E-state index contributed by atoms with van der Waals surface area (Å²) in [5, 5.41) is 3.00. The van der Waals surface area contributed by atoms with E-state index in [0.717, 1.165) is 18.6 Å². The lowest BCUT2D eigenvalue weighted by Crippen LogP contribution is -2.45. The van der Waals surface area contributed by atoms with Crippen LogP contribution in [0.4, 0.5) is 0 Å². The molecule has 0 heterocycles. The number of hydrogen-bond acceptors (Lipinski definition) is 3. The number of aryl methyl sites for hydroxylation is 2. The molecule has 0 fully saturated rings. The van der Waals surface area contributed by atoms with Gasteiger partial charge in [0.15, 0.2) is 0 Å². The van der Waals surface area contributed by atoms with Gasteiger partial charge in [0, 0.05) is 6.04 Å². The van der Waals surface area contributed by atoms with Crippen LogP contribution in [0.2, 0.25) is 0 Å². The molecule has 0 aromatic heterocycles. The Morgan fingerprint density at radius 2 is 1.86 bits per heavy atom. The van der Waals surface area contributed by atoms with Crippen LogP contribution in [0.1, 0.15) is 30.0 Å². The number of amides is 1. The largest absolute Gasteiger partial charge is 0.352 e. The zero-order valence-corrected chi connectivity index (χ0v) is 14.9. The molecule has 0 aliphatic carbocycles. The number of halogens is 1. The molecule has 0 radical (unpaired) electrons. The van der Waals surface area contributed by atoms with E-state index in [0.29, 0.717) is 0 Å². The van der Waals surface area contributed by atoms with Gasteiger partial charge >= 0.3 is 0 Å². The second-order valence-electron chi connectivity index (χ2n) is 5.50. The normalized spacial score (nSPS) is 13.2. The van der Waals surface area contributed by atoms with Crippen molar-refractivity contribution in [1.29, 1.82) is 0 Å². The fraction of sp³-hybridized carbons (Fsp3) is 0.562. The lowest BCUT2D eigenvalue weighted by molar-refractivity contribution is -0.122. The van der Waals surface area contributed by atoms with Gasteiger partial charge in [-0.1, -0.05) is 29.3 Å². The predicted octanol–water partition coefficient (Wildman–Crippen LogP) is 2.85. The highest BCUT2D eigenvalue weighted by atomic mass is 35.5. The van der Waals surface area contributed by atoms with Gasteiger partial charge in [0.05, 0.1) is 6.04 Å². The summed E-state index contributed by atoms with van der Waals surface area (Å²) in [7, 11) is 0. The highest BCUT2D eigenvalue weighted by Crippen LogP contribution is 2.11. The molecule has 3 N–H and O–H groups in total. The topological polar surface area (TPSA) is 55.1 Å². The minimum absolute atomic E-state index is 0. The van der Waals surface area contributed by atoms with Crippen LogP contribution in [0.15, 0.2) is 18.2 Å². The summed E-state index contributed by atoms with van der Waals surface area (Å²) in [6.07, 6.45) is 3.58. The van der Waals surface area contributed by atoms with Crippen molar-refractivity contribution in [2.45, 2.75) is 45.7 Å². The van der Waals surface area contributed by atoms with E-state index >= 15 is 0 Å². The molecule has 1 unspecified atom stereocenters. The lowest BCUT2D eigenvalue weighted by Gasteiger charge is -2.18. The molecule has 0 spiro atoms. The smallest absolute Gasteiger partial charge is 0.237 e. The SMILES string of the molecule is CSCC[C@H](N)C(=O)NC(C)Cc1cc(C)cc(C)c1.Cl. The van der Waals surface area contributed by atoms with Crippen molar-refractivity contribution < 1.29 is 4.79 Å². The Bertz CT molecular complexity index is 434. The van der Waals surface area contributed by atoms with Crippen LogP contribution in [0.5, 0.6) is 0 Å². The molecule has 1 rings (SSSR count). The summed E-state index contributed by atoms with van der Waals surface area (Å²) in [5.74, 6) is 0.871. The van der Waals surface area contributed by atoms with Gasteiger partial charge < -0.3 is 11.1 Å².